The summed E-state index contributed by atoms with van der Waals surface area (Å²) in [4.78, 5) is 37.3. The van der Waals surface area contributed by atoms with Crippen molar-refractivity contribution in [2.24, 2.45) is 23.2 Å². The molecular formula is C26H32N2O7. The summed E-state index contributed by atoms with van der Waals surface area (Å²) in [7, 11) is 2.79. The predicted molar refractivity (Wildman–Crippen MR) is 124 cm³/mol. The fourth-order valence-electron chi connectivity index (χ4n) is 6.03. The minimum absolute atomic E-state index is 0.210. The largest absolute Gasteiger partial charge is 0.496 e. The Kier molecular flexibility index (Phi) is 6.93. The Hall–Kier alpha value is -3.28. The highest BCUT2D eigenvalue weighted by Gasteiger charge is 2.52. The third kappa shape index (κ3) is 4.66. The summed E-state index contributed by atoms with van der Waals surface area (Å²) in [5, 5.41) is 22.2. The van der Waals surface area contributed by atoms with Gasteiger partial charge in [0.05, 0.1) is 42.8 Å². The minimum Gasteiger partial charge on any atom is -0.496 e. The van der Waals surface area contributed by atoms with E-state index in [4.69, 9.17) is 14.2 Å². The van der Waals surface area contributed by atoms with Crippen molar-refractivity contribution in [1.29, 1.82) is 5.26 Å². The van der Waals surface area contributed by atoms with Crippen LogP contribution in [0.3, 0.4) is 0 Å². The second-order valence-corrected chi connectivity index (χ2v) is 10.2. The lowest BCUT2D eigenvalue weighted by molar-refractivity contribution is -0.151. The molecule has 1 amide bonds. The fourth-order valence-corrected chi connectivity index (χ4v) is 6.03. The molecule has 4 atom stereocenters. The van der Waals surface area contributed by atoms with Crippen molar-refractivity contribution < 1.29 is 33.7 Å². The molecule has 0 aliphatic heterocycles. The number of carboxylic acids is 1. The van der Waals surface area contributed by atoms with Crippen LogP contribution in [0.15, 0.2) is 12.1 Å². The van der Waals surface area contributed by atoms with Gasteiger partial charge in [-0.15, -0.1) is 0 Å². The van der Waals surface area contributed by atoms with Crippen molar-refractivity contribution in [2.45, 2.75) is 64.0 Å². The number of benzene rings is 1. The lowest BCUT2D eigenvalue weighted by Crippen LogP contribution is -2.47. The van der Waals surface area contributed by atoms with Gasteiger partial charge >= 0.3 is 11.9 Å². The van der Waals surface area contributed by atoms with Crippen LogP contribution < -0.4 is 14.8 Å². The van der Waals surface area contributed by atoms with Crippen molar-refractivity contribution in [3.63, 3.8) is 0 Å². The van der Waals surface area contributed by atoms with Gasteiger partial charge in [-0.05, 0) is 69.8 Å². The summed E-state index contributed by atoms with van der Waals surface area (Å²) < 4.78 is 16.5. The number of hydrogen-bond donors (Lipinski definition) is 2. The van der Waals surface area contributed by atoms with E-state index >= 15 is 0 Å². The molecule has 3 aliphatic rings. The fraction of sp³-hybridized carbons (Fsp3) is 0.615. The number of carbonyl (C=O) groups excluding carboxylic acids is 2. The second-order valence-electron chi connectivity index (χ2n) is 10.2. The van der Waals surface area contributed by atoms with E-state index in [-0.39, 0.29) is 58.5 Å². The Balaban J connectivity index is 1.54. The molecule has 1 aromatic carbocycles. The third-order valence-corrected chi connectivity index (χ3v) is 8.20. The maximum Gasteiger partial charge on any atom is 0.311 e. The number of ether oxygens (including phenoxy) is 3. The molecule has 0 unspecified atom stereocenters. The van der Waals surface area contributed by atoms with Crippen LogP contribution >= 0.6 is 0 Å². The molecule has 35 heavy (non-hydrogen) atoms. The van der Waals surface area contributed by atoms with E-state index in [1.807, 2.05) is 0 Å². The number of aliphatic carboxylic acids is 1. The van der Waals surface area contributed by atoms with E-state index in [2.05, 4.69) is 11.4 Å². The molecule has 3 aliphatic carbocycles. The first-order chi connectivity index (χ1) is 16.7. The molecule has 0 spiro atoms. The van der Waals surface area contributed by atoms with E-state index in [1.165, 1.54) is 26.4 Å². The lowest BCUT2D eigenvalue weighted by Gasteiger charge is -2.34. The zero-order chi connectivity index (χ0) is 25.3. The number of esters is 1. The van der Waals surface area contributed by atoms with Crippen molar-refractivity contribution >= 4 is 17.8 Å². The first kappa shape index (κ1) is 24.8. The highest BCUT2D eigenvalue weighted by Crippen LogP contribution is 2.49. The van der Waals surface area contributed by atoms with E-state index in [9.17, 15) is 24.8 Å². The summed E-state index contributed by atoms with van der Waals surface area (Å²) in [6.45, 7) is 1.74. The average molecular weight is 485 g/mol. The molecule has 2 N–H and O–H groups in total. The first-order valence-corrected chi connectivity index (χ1v) is 12.1. The molecule has 3 fully saturated rings. The molecule has 2 bridgehead atoms. The standard InChI is InChI=1S/C26H32N2O7/c1-26(25(31)32)8-6-17(7-9-26)35-19-12-18(20(33-2)11-16(19)13-27)23(29)28-22-15-5-4-14(10-15)21(22)24(30)34-3/h11-12,14-15,17,21-22H,4-10H2,1-3H3,(H,28,29)(H,31,32)/t14-,15+,17?,21-,22+,26?/m0/s1. The van der Waals surface area contributed by atoms with E-state index < -0.39 is 17.3 Å². The monoisotopic (exact) mass is 484 g/mol. The van der Waals surface area contributed by atoms with Crippen molar-refractivity contribution in [2.75, 3.05) is 14.2 Å². The topological polar surface area (TPSA) is 135 Å². The van der Waals surface area contributed by atoms with Crippen LogP contribution in [0.5, 0.6) is 11.5 Å². The lowest BCUT2D eigenvalue weighted by atomic mass is 9.75. The Bertz CT molecular complexity index is 1050. The van der Waals surface area contributed by atoms with Gasteiger partial charge in [-0.1, -0.05) is 0 Å². The van der Waals surface area contributed by atoms with Crippen LogP contribution in [0.4, 0.5) is 0 Å². The van der Waals surface area contributed by atoms with Gasteiger partial charge in [-0.25, -0.2) is 0 Å². The Morgan fingerprint density at radius 3 is 2.37 bits per heavy atom. The minimum atomic E-state index is -0.817. The van der Waals surface area contributed by atoms with Gasteiger partial charge < -0.3 is 24.6 Å². The van der Waals surface area contributed by atoms with E-state index in [1.54, 1.807) is 6.92 Å². The molecule has 9 nitrogen and oxygen atoms in total. The molecule has 0 radical (unpaired) electrons. The van der Waals surface area contributed by atoms with Crippen molar-refractivity contribution in [3.05, 3.63) is 23.3 Å². The molecular weight excluding hydrogens is 452 g/mol. The van der Waals surface area contributed by atoms with Gasteiger partial charge in [-0.2, -0.15) is 5.26 Å². The van der Waals surface area contributed by atoms with Gasteiger partial charge in [-0.3, -0.25) is 14.4 Å². The quantitative estimate of drug-likeness (QED) is 0.563. The van der Waals surface area contributed by atoms with E-state index in [0.29, 0.717) is 25.7 Å². The van der Waals surface area contributed by atoms with Crippen LogP contribution in [-0.4, -0.2) is 49.3 Å². The predicted octanol–water partition coefficient (Wildman–Crippen LogP) is 3.30. The molecule has 0 aromatic heterocycles. The van der Waals surface area contributed by atoms with Crippen LogP contribution in [0.2, 0.25) is 0 Å². The third-order valence-electron chi connectivity index (χ3n) is 8.20. The van der Waals surface area contributed by atoms with Crippen LogP contribution in [0.25, 0.3) is 0 Å². The Morgan fingerprint density at radius 2 is 1.77 bits per heavy atom. The summed E-state index contributed by atoms with van der Waals surface area (Å²) in [6, 6.07) is 4.77. The van der Waals surface area contributed by atoms with Gasteiger partial charge in [0.15, 0.2) is 0 Å². The summed E-state index contributed by atoms with van der Waals surface area (Å²) in [5.41, 5.74) is -0.323. The number of methoxy groups -OCH3 is 2. The summed E-state index contributed by atoms with van der Waals surface area (Å²) in [6.07, 6.45) is 4.56. The SMILES string of the molecule is COC(=O)[C@H]1[C@H]2CC[C@H](C2)[C@H]1NC(=O)c1cc(OC2CCC(C)(C(=O)O)CC2)c(C#N)cc1OC. The second kappa shape index (κ2) is 9.76. The van der Waals surface area contributed by atoms with Crippen molar-refractivity contribution in [3.8, 4) is 17.6 Å². The van der Waals surface area contributed by atoms with Gasteiger partial charge in [0, 0.05) is 12.1 Å². The zero-order valence-electron chi connectivity index (χ0n) is 20.3. The van der Waals surface area contributed by atoms with Crippen LogP contribution in [-0.2, 0) is 14.3 Å². The van der Waals surface area contributed by atoms with Gasteiger partial charge in [0.1, 0.15) is 17.6 Å². The summed E-state index contributed by atoms with van der Waals surface area (Å²) in [5.74, 6) is -0.947. The van der Waals surface area contributed by atoms with Crippen LogP contribution in [0, 0.1) is 34.5 Å². The number of carbonyl (C=O) groups is 3. The maximum absolute atomic E-state index is 13.4. The number of nitrogens with one attached hydrogen (secondary N) is 1. The zero-order valence-corrected chi connectivity index (χ0v) is 20.3. The highest BCUT2D eigenvalue weighted by atomic mass is 16.5. The smallest absolute Gasteiger partial charge is 0.311 e. The maximum atomic E-state index is 13.4. The van der Waals surface area contributed by atoms with Gasteiger partial charge in [0.25, 0.3) is 5.91 Å². The normalized spacial score (nSPS) is 31.3. The molecule has 9 heteroatoms. The average Bonchev–Trinajstić information content (AvgIpc) is 3.46. The summed E-state index contributed by atoms with van der Waals surface area (Å²) >= 11 is 0. The number of fused-ring (bicyclic) bond motifs is 2. The Morgan fingerprint density at radius 1 is 1.09 bits per heavy atom. The molecule has 4 rings (SSSR count). The first-order valence-electron chi connectivity index (χ1n) is 12.1. The number of nitriles is 1. The highest BCUT2D eigenvalue weighted by molar-refractivity contribution is 5.98. The Labute approximate surface area is 204 Å². The van der Waals surface area contributed by atoms with Gasteiger partial charge in [0.2, 0.25) is 0 Å². The molecule has 1 aromatic rings. The van der Waals surface area contributed by atoms with E-state index in [0.717, 1.165) is 19.3 Å². The number of rotatable bonds is 7. The van der Waals surface area contributed by atoms with Crippen LogP contribution in [0.1, 0.15) is 67.8 Å². The van der Waals surface area contributed by atoms with Crippen molar-refractivity contribution in [1.82, 2.24) is 5.32 Å². The molecule has 3 saturated carbocycles. The number of amides is 1. The molecule has 0 saturated heterocycles. The number of hydrogen-bond acceptors (Lipinski definition) is 7. The molecule has 188 valence electrons. The molecule has 0 heterocycles. The number of carboxylic acid groups (broad SMARTS) is 1. The number of nitrogens with zero attached hydrogens (tertiary/aromatic N) is 1.